The number of carbonyl (C=O) groups excluding carboxylic acids is 2. The lowest BCUT2D eigenvalue weighted by Gasteiger charge is -2.33. The zero-order valence-corrected chi connectivity index (χ0v) is 18.7. The molecule has 0 aliphatic carbocycles. The van der Waals surface area contributed by atoms with Crippen LogP contribution in [-0.2, 0) is 19.1 Å². The Labute approximate surface area is 185 Å². The lowest BCUT2D eigenvalue weighted by Crippen LogP contribution is -2.35. The van der Waals surface area contributed by atoms with Gasteiger partial charge in [0, 0.05) is 5.66 Å². The van der Waals surface area contributed by atoms with Crippen molar-refractivity contribution >= 4 is 30.5 Å². The van der Waals surface area contributed by atoms with Crippen molar-refractivity contribution in [3.8, 4) is 0 Å². The van der Waals surface area contributed by atoms with Gasteiger partial charge in [-0.25, -0.2) is 0 Å². The average molecular weight is 434 g/mol. The fourth-order valence-electron chi connectivity index (χ4n) is 3.61. The molecule has 31 heavy (non-hydrogen) atoms. The molecule has 0 radical (unpaired) electrons. The van der Waals surface area contributed by atoms with Crippen LogP contribution in [0.15, 0.2) is 91.0 Å². The summed E-state index contributed by atoms with van der Waals surface area (Å²) in [4.78, 5) is 26.3. The van der Waals surface area contributed by atoms with E-state index in [4.69, 9.17) is 9.47 Å². The van der Waals surface area contributed by atoms with E-state index in [0.29, 0.717) is 0 Å². The van der Waals surface area contributed by atoms with Crippen molar-refractivity contribution in [2.45, 2.75) is 19.5 Å². The van der Waals surface area contributed by atoms with Crippen LogP contribution in [0.25, 0.3) is 0 Å². The Hall–Kier alpha value is -2.97. The van der Waals surface area contributed by atoms with E-state index in [0.717, 1.165) is 16.2 Å². The maximum atomic E-state index is 13.1. The van der Waals surface area contributed by atoms with Crippen molar-refractivity contribution in [2.75, 3.05) is 13.2 Å². The predicted molar refractivity (Wildman–Crippen MR) is 125 cm³/mol. The minimum atomic E-state index is -1.12. The van der Waals surface area contributed by atoms with E-state index >= 15 is 0 Å². The maximum Gasteiger partial charge on any atom is 0.321 e. The van der Waals surface area contributed by atoms with Gasteiger partial charge in [0.2, 0.25) is 0 Å². The molecular weight excluding hydrogens is 407 g/mol. The molecule has 5 heteroatoms. The Kier molecular flexibility index (Phi) is 8.37. The van der Waals surface area contributed by atoms with E-state index in [1.165, 1.54) is 0 Å². The lowest BCUT2D eigenvalue weighted by molar-refractivity contribution is -0.161. The Bertz CT molecular complexity index is 903. The number of hydrogen-bond acceptors (Lipinski definition) is 4. The first kappa shape index (κ1) is 22.7. The molecule has 0 bridgehead atoms. The summed E-state index contributed by atoms with van der Waals surface area (Å²) in [5, 5.41) is 2.16. The number of carbonyl (C=O) groups is 2. The summed E-state index contributed by atoms with van der Waals surface area (Å²) in [7, 11) is -1.12. The standard InChI is InChI=1S/C26H27O4P/c1-3-29-25(27)23(26(28)30-4-2)24(20-14-8-5-9-15-20)31(21-16-10-6-11-17-21)22-18-12-7-13-19-22/h5-19,23-24H,3-4H2,1-2H3/t24-/m1/s1. The summed E-state index contributed by atoms with van der Waals surface area (Å²) in [6.45, 7) is 3.89. The van der Waals surface area contributed by atoms with Crippen molar-refractivity contribution in [3.05, 3.63) is 96.6 Å². The van der Waals surface area contributed by atoms with Crippen molar-refractivity contribution in [1.29, 1.82) is 0 Å². The highest BCUT2D eigenvalue weighted by atomic mass is 31.1. The highest BCUT2D eigenvalue weighted by Crippen LogP contribution is 2.54. The van der Waals surface area contributed by atoms with Gasteiger partial charge >= 0.3 is 11.9 Å². The van der Waals surface area contributed by atoms with Gasteiger partial charge in [-0.2, -0.15) is 0 Å². The minimum Gasteiger partial charge on any atom is -0.465 e. The molecule has 0 unspecified atom stereocenters. The smallest absolute Gasteiger partial charge is 0.321 e. The Balaban J connectivity index is 2.24. The number of ether oxygens (including phenoxy) is 2. The molecule has 0 aliphatic rings. The van der Waals surface area contributed by atoms with Gasteiger partial charge in [0.05, 0.1) is 13.2 Å². The van der Waals surface area contributed by atoms with Gasteiger partial charge in [-0.3, -0.25) is 9.59 Å². The van der Waals surface area contributed by atoms with E-state index in [-0.39, 0.29) is 13.2 Å². The van der Waals surface area contributed by atoms with Crippen LogP contribution in [0.3, 0.4) is 0 Å². The molecular formula is C26H27O4P. The number of benzene rings is 3. The highest BCUT2D eigenvalue weighted by Gasteiger charge is 2.43. The second-order valence-electron chi connectivity index (χ2n) is 6.88. The molecule has 0 aliphatic heterocycles. The second-order valence-corrected chi connectivity index (χ2v) is 9.21. The molecule has 1 atom stereocenters. The molecule has 4 nitrogen and oxygen atoms in total. The summed E-state index contributed by atoms with van der Waals surface area (Å²) < 4.78 is 10.7. The van der Waals surface area contributed by atoms with Gasteiger partial charge in [-0.1, -0.05) is 91.0 Å². The Morgan fingerprint density at radius 3 is 1.45 bits per heavy atom. The summed E-state index contributed by atoms with van der Waals surface area (Å²) in [5.74, 6) is -2.16. The monoisotopic (exact) mass is 434 g/mol. The van der Waals surface area contributed by atoms with Crippen LogP contribution < -0.4 is 10.6 Å². The largest absolute Gasteiger partial charge is 0.465 e. The average Bonchev–Trinajstić information content (AvgIpc) is 2.81. The molecule has 0 saturated heterocycles. The third-order valence-electron chi connectivity index (χ3n) is 4.88. The normalized spacial score (nSPS) is 11.9. The van der Waals surface area contributed by atoms with Crippen molar-refractivity contribution in [3.63, 3.8) is 0 Å². The molecule has 0 spiro atoms. The van der Waals surface area contributed by atoms with Crippen LogP contribution in [0, 0.1) is 5.92 Å². The van der Waals surface area contributed by atoms with Crippen LogP contribution in [0.2, 0.25) is 0 Å². The summed E-state index contributed by atoms with van der Waals surface area (Å²) >= 11 is 0. The van der Waals surface area contributed by atoms with E-state index in [2.05, 4.69) is 24.3 Å². The molecule has 0 N–H and O–H groups in total. The van der Waals surface area contributed by atoms with E-state index in [1.807, 2.05) is 66.7 Å². The van der Waals surface area contributed by atoms with Gasteiger partial charge in [0.1, 0.15) is 0 Å². The van der Waals surface area contributed by atoms with Crippen LogP contribution in [-0.4, -0.2) is 25.2 Å². The highest BCUT2D eigenvalue weighted by molar-refractivity contribution is 7.73. The van der Waals surface area contributed by atoms with Crippen molar-refractivity contribution in [1.82, 2.24) is 0 Å². The van der Waals surface area contributed by atoms with E-state index in [1.54, 1.807) is 13.8 Å². The maximum absolute atomic E-state index is 13.1. The second kappa shape index (κ2) is 11.4. The number of esters is 2. The zero-order valence-electron chi connectivity index (χ0n) is 17.8. The minimum absolute atomic E-state index is 0.199. The molecule has 0 amide bonds. The fourth-order valence-corrected chi connectivity index (χ4v) is 6.55. The molecule has 3 aromatic carbocycles. The van der Waals surface area contributed by atoms with Crippen LogP contribution in [0.5, 0.6) is 0 Å². The summed E-state index contributed by atoms with van der Waals surface area (Å²) in [5.41, 5.74) is 0.478. The first-order valence-corrected chi connectivity index (χ1v) is 11.9. The molecule has 0 saturated carbocycles. The molecule has 3 rings (SSSR count). The lowest BCUT2D eigenvalue weighted by atomic mass is 9.98. The van der Waals surface area contributed by atoms with Gasteiger partial charge in [-0.15, -0.1) is 0 Å². The van der Waals surface area contributed by atoms with Crippen LogP contribution in [0.1, 0.15) is 25.1 Å². The third-order valence-corrected chi connectivity index (χ3v) is 7.75. The zero-order chi connectivity index (χ0) is 22.1. The van der Waals surface area contributed by atoms with Crippen LogP contribution >= 0.6 is 7.92 Å². The molecule has 0 aromatic heterocycles. The van der Waals surface area contributed by atoms with Crippen LogP contribution in [0.4, 0.5) is 0 Å². The molecule has 3 aromatic rings. The number of rotatable bonds is 9. The SMILES string of the molecule is CCOC(=O)C(C(=O)OCC)[C@@H](c1ccccc1)P(c1ccccc1)c1ccccc1. The topological polar surface area (TPSA) is 52.6 Å². The predicted octanol–water partition coefficient (Wildman–Crippen LogP) is 4.60. The van der Waals surface area contributed by atoms with Gasteiger partial charge in [0.15, 0.2) is 5.92 Å². The Morgan fingerprint density at radius 2 is 1.06 bits per heavy atom. The van der Waals surface area contributed by atoms with Crippen molar-refractivity contribution in [2.24, 2.45) is 5.92 Å². The van der Waals surface area contributed by atoms with E-state index < -0.39 is 31.4 Å². The van der Waals surface area contributed by atoms with Gasteiger partial charge in [-0.05, 0) is 37.9 Å². The third kappa shape index (κ3) is 5.59. The van der Waals surface area contributed by atoms with Crippen molar-refractivity contribution < 1.29 is 19.1 Å². The molecule has 0 fully saturated rings. The Morgan fingerprint density at radius 1 is 0.677 bits per heavy atom. The quantitative estimate of drug-likeness (QED) is 0.281. The first-order valence-electron chi connectivity index (χ1n) is 10.4. The van der Waals surface area contributed by atoms with Gasteiger partial charge < -0.3 is 9.47 Å². The van der Waals surface area contributed by atoms with Gasteiger partial charge in [0.25, 0.3) is 0 Å². The van der Waals surface area contributed by atoms with E-state index in [9.17, 15) is 9.59 Å². The molecule has 0 heterocycles. The number of hydrogen-bond donors (Lipinski definition) is 0. The fraction of sp³-hybridized carbons (Fsp3) is 0.231. The first-order chi connectivity index (χ1) is 15.2. The summed E-state index contributed by atoms with van der Waals surface area (Å²) in [6, 6.07) is 29.8. The summed E-state index contributed by atoms with van der Waals surface area (Å²) in [6.07, 6.45) is 0. The molecule has 160 valence electrons.